The summed E-state index contributed by atoms with van der Waals surface area (Å²) in [6.07, 6.45) is 2.54. The van der Waals surface area contributed by atoms with E-state index in [1.807, 2.05) is 24.3 Å². The molecular formula is C16H15BrClN3. The van der Waals surface area contributed by atoms with Gasteiger partial charge >= 0.3 is 0 Å². The second kappa shape index (κ2) is 6.16. The molecule has 3 aromatic rings. The molecule has 0 amide bonds. The molecule has 108 valence electrons. The van der Waals surface area contributed by atoms with Crippen LogP contribution in [0.2, 0.25) is 0 Å². The first-order valence-electron chi connectivity index (χ1n) is 6.84. The summed E-state index contributed by atoms with van der Waals surface area (Å²) < 4.78 is 3.25. The molecule has 0 saturated carbocycles. The second-order valence-corrected chi connectivity index (χ2v) is 6.21. The van der Waals surface area contributed by atoms with Crippen LogP contribution in [-0.2, 0) is 6.42 Å². The Hall–Kier alpha value is -1.39. The normalized spacial score (nSPS) is 12.7. The summed E-state index contributed by atoms with van der Waals surface area (Å²) in [6.45, 7) is 2.16. The third kappa shape index (κ3) is 2.83. The highest BCUT2D eigenvalue weighted by Crippen LogP contribution is 2.26. The topological polar surface area (TPSA) is 30.7 Å². The molecule has 1 atom stereocenters. The third-order valence-corrected chi connectivity index (χ3v) is 4.24. The lowest BCUT2D eigenvalue weighted by Gasteiger charge is -2.17. The summed E-state index contributed by atoms with van der Waals surface area (Å²) >= 11 is 9.46. The molecule has 0 saturated heterocycles. The first-order valence-corrected chi connectivity index (χ1v) is 8.16. The van der Waals surface area contributed by atoms with Crippen molar-refractivity contribution < 1.29 is 0 Å². The van der Waals surface area contributed by atoms with Crippen LogP contribution < -0.4 is 0 Å². The van der Waals surface area contributed by atoms with Crippen molar-refractivity contribution in [3.05, 3.63) is 58.5 Å². The van der Waals surface area contributed by atoms with E-state index < -0.39 is 0 Å². The summed E-state index contributed by atoms with van der Waals surface area (Å²) in [6, 6.07) is 12.4. The number of pyridine rings is 1. The lowest BCUT2D eigenvalue weighted by atomic mass is 10.1. The van der Waals surface area contributed by atoms with Crippen molar-refractivity contribution in [1.82, 2.24) is 14.5 Å². The average molecular weight is 365 g/mol. The van der Waals surface area contributed by atoms with Crippen LogP contribution in [0.1, 0.15) is 24.4 Å². The molecule has 2 heterocycles. The molecule has 0 aliphatic heterocycles. The first-order chi connectivity index (χ1) is 10.2. The van der Waals surface area contributed by atoms with E-state index in [0.29, 0.717) is 5.88 Å². The minimum Gasteiger partial charge on any atom is -0.305 e. The number of imidazole rings is 1. The minimum atomic E-state index is 0.153. The number of nitrogens with zero attached hydrogens (tertiary/aromatic N) is 3. The molecule has 0 aliphatic rings. The van der Waals surface area contributed by atoms with Gasteiger partial charge in [-0.05, 0) is 36.8 Å². The Morgan fingerprint density at radius 3 is 2.90 bits per heavy atom. The summed E-state index contributed by atoms with van der Waals surface area (Å²) in [5.74, 6) is 1.53. The number of halogens is 2. The van der Waals surface area contributed by atoms with Crippen LogP contribution in [0.15, 0.2) is 47.1 Å². The van der Waals surface area contributed by atoms with Crippen molar-refractivity contribution >= 4 is 38.7 Å². The van der Waals surface area contributed by atoms with Crippen molar-refractivity contribution in [1.29, 1.82) is 0 Å². The standard InChI is InChI=1S/C16H15BrClN3/c1-11(12-4-2-5-13(17)10-12)21-15(7-8-18)20-14-6-3-9-19-16(14)21/h2-6,9-11H,7-8H2,1H3. The van der Waals surface area contributed by atoms with Crippen molar-refractivity contribution in [2.75, 3.05) is 5.88 Å². The summed E-state index contributed by atoms with van der Waals surface area (Å²) in [7, 11) is 0. The van der Waals surface area contributed by atoms with Crippen LogP contribution in [-0.4, -0.2) is 20.4 Å². The highest BCUT2D eigenvalue weighted by Gasteiger charge is 2.17. The number of alkyl halides is 1. The van der Waals surface area contributed by atoms with Gasteiger partial charge in [0, 0.05) is 23.0 Å². The molecule has 2 aromatic heterocycles. The van der Waals surface area contributed by atoms with Crippen molar-refractivity contribution in [3.8, 4) is 0 Å². The number of fused-ring (bicyclic) bond motifs is 1. The molecule has 1 aromatic carbocycles. The van der Waals surface area contributed by atoms with Gasteiger partial charge in [-0.3, -0.25) is 0 Å². The van der Waals surface area contributed by atoms with Crippen molar-refractivity contribution in [2.45, 2.75) is 19.4 Å². The maximum atomic E-state index is 5.93. The van der Waals surface area contributed by atoms with Gasteiger partial charge in [-0.1, -0.05) is 28.1 Å². The van der Waals surface area contributed by atoms with Gasteiger partial charge in [-0.15, -0.1) is 11.6 Å². The Morgan fingerprint density at radius 1 is 1.29 bits per heavy atom. The minimum absolute atomic E-state index is 0.153. The van der Waals surface area contributed by atoms with Crippen LogP contribution >= 0.6 is 27.5 Å². The maximum absolute atomic E-state index is 5.93. The fourth-order valence-electron chi connectivity index (χ4n) is 2.56. The molecule has 0 bridgehead atoms. The third-order valence-electron chi connectivity index (χ3n) is 3.56. The smallest absolute Gasteiger partial charge is 0.160 e. The maximum Gasteiger partial charge on any atom is 0.160 e. The Kier molecular flexibility index (Phi) is 4.27. The van der Waals surface area contributed by atoms with E-state index in [0.717, 1.165) is 27.9 Å². The van der Waals surface area contributed by atoms with E-state index in [-0.39, 0.29) is 6.04 Å². The van der Waals surface area contributed by atoms with Gasteiger partial charge in [0.15, 0.2) is 5.65 Å². The zero-order chi connectivity index (χ0) is 14.8. The van der Waals surface area contributed by atoms with E-state index in [1.165, 1.54) is 5.56 Å². The van der Waals surface area contributed by atoms with E-state index in [2.05, 4.69) is 49.5 Å². The van der Waals surface area contributed by atoms with E-state index in [1.54, 1.807) is 6.20 Å². The Labute approximate surface area is 137 Å². The van der Waals surface area contributed by atoms with E-state index >= 15 is 0 Å². The number of hydrogen-bond donors (Lipinski definition) is 0. The van der Waals surface area contributed by atoms with Gasteiger partial charge in [0.1, 0.15) is 11.3 Å². The molecule has 0 radical (unpaired) electrons. The fraction of sp³-hybridized carbons (Fsp3) is 0.250. The molecular weight excluding hydrogens is 350 g/mol. The van der Waals surface area contributed by atoms with E-state index in [4.69, 9.17) is 11.6 Å². The number of hydrogen-bond acceptors (Lipinski definition) is 2. The average Bonchev–Trinajstić information content (AvgIpc) is 2.85. The second-order valence-electron chi connectivity index (χ2n) is 4.91. The van der Waals surface area contributed by atoms with Crippen molar-refractivity contribution in [3.63, 3.8) is 0 Å². The lowest BCUT2D eigenvalue weighted by molar-refractivity contribution is 0.619. The Morgan fingerprint density at radius 2 is 2.14 bits per heavy atom. The fourth-order valence-corrected chi connectivity index (χ4v) is 3.15. The monoisotopic (exact) mass is 363 g/mol. The molecule has 0 N–H and O–H groups in total. The number of aryl methyl sites for hydroxylation is 1. The van der Waals surface area contributed by atoms with Gasteiger partial charge < -0.3 is 4.57 Å². The van der Waals surface area contributed by atoms with Gasteiger partial charge in [-0.25, -0.2) is 9.97 Å². The molecule has 21 heavy (non-hydrogen) atoms. The zero-order valence-corrected chi connectivity index (χ0v) is 14.0. The van der Waals surface area contributed by atoms with Gasteiger partial charge in [-0.2, -0.15) is 0 Å². The van der Waals surface area contributed by atoms with Gasteiger partial charge in [0.05, 0.1) is 6.04 Å². The predicted octanol–water partition coefficient (Wildman–Crippen LogP) is 4.58. The highest BCUT2D eigenvalue weighted by atomic mass is 79.9. The van der Waals surface area contributed by atoms with E-state index in [9.17, 15) is 0 Å². The number of rotatable bonds is 4. The van der Waals surface area contributed by atoms with Crippen LogP contribution in [0.5, 0.6) is 0 Å². The molecule has 0 aliphatic carbocycles. The summed E-state index contributed by atoms with van der Waals surface area (Å²) in [4.78, 5) is 9.17. The van der Waals surface area contributed by atoms with Crippen LogP contribution in [0.3, 0.4) is 0 Å². The van der Waals surface area contributed by atoms with Crippen LogP contribution in [0.4, 0.5) is 0 Å². The SMILES string of the molecule is CC(c1cccc(Br)c1)n1c(CCCl)nc2cccnc21. The molecule has 5 heteroatoms. The largest absolute Gasteiger partial charge is 0.305 e. The van der Waals surface area contributed by atoms with Crippen LogP contribution in [0, 0.1) is 0 Å². The molecule has 0 spiro atoms. The first kappa shape index (κ1) is 14.5. The van der Waals surface area contributed by atoms with Gasteiger partial charge in [0.2, 0.25) is 0 Å². The summed E-state index contributed by atoms with van der Waals surface area (Å²) in [5.41, 5.74) is 3.04. The molecule has 0 fully saturated rings. The summed E-state index contributed by atoms with van der Waals surface area (Å²) in [5, 5.41) is 0. The highest BCUT2D eigenvalue weighted by molar-refractivity contribution is 9.10. The predicted molar refractivity (Wildman–Crippen MR) is 89.9 cm³/mol. The molecule has 3 rings (SSSR count). The van der Waals surface area contributed by atoms with Gasteiger partial charge in [0.25, 0.3) is 0 Å². The van der Waals surface area contributed by atoms with Crippen molar-refractivity contribution in [2.24, 2.45) is 0 Å². The Bertz CT molecular complexity index is 769. The number of benzene rings is 1. The number of aromatic nitrogens is 3. The lowest BCUT2D eigenvalue weighted by Crippen LogP contribution is -2.12. The molecule has 3 nitrogen and oxygen atoms in total. The zero-order valence-electron chi connectivity index (χ0n) is 11.6. The quantitative estimate of drug-likeness (QED) is 0.634. The Balaban J connectivity index is 2.15. The van der Waals surface area contributed by atoms with Crippen LogP contribution in [0.25, 0.3) is 11.2 Å². The molecule has 1 unspecified atom stereocenters.